The van der Waals surface area contributed by atoms with Crippen LogP contribution in [0.25, 0.3) is 16.9 Å². The molecule has 0 saturated carbocycles. The van der Waals surface area contributed by atoms with Gasteiger partial charge in [0.1, 0.15) is 12.4 Å². The van der Waals surface area contributed by atoms with E-state index in [1.54, 1.807) is 11.6 Å². The Balaban J connectivity index is 1.57. The van der Waals surface area contributed by atoms with E-state index in [1.165, 1.54) is 6.07 Å². The lowest BCUT2D eigenvalue weighted by atomic mass is 10.1. The van der Waals surface area contributed by atoms with Gasteiger partial charge < -0.3 is 19.7 Å². The second-order valence-corrected chi connectivity index (χ2v) is 7.62. The van der Waals surface area contributed by atoms with Crippen molar-refractivity contribution in [3.05, 3.63) is 66.2 Å². The maximum atomic E-state index is 14.3. The molecule has 4 aromatic rings. The first-order valence-corrected chi connectivity index (χ1v) is 11.1. The number of halogens is 2. The third-order valence-corrected chi connectivity index (χ3v) is 5.56. The molecular formula is C25H27F2N5O2. The van der Waals surface area contributed by atoms with E-state index in [1.807, 2.05) is 56.3 Å². The van der Waals surface area contributed by atoms with Crippen molar-refractivity contribution < 1.29 is 18.3 Å². The van der Waals surface area contributed by atoms with Gasteiger partial charge in [-0.2, -0.15) is 9.37 Å². The highest BCUT2D eigenvalue weighted by atomic mass is 19.2. The molecule has 0 fully saturated rings. The smallest absolute Gasteiger partial charge is 0.247 e. The van der Waals surface area contributed by atoms with Gasteiger partial charge in [0, 0.05) is 29.9 Å². The zero-order chi connectivity index (χ0) is 24.1. The van der Waals surface area contributed by atoms with Gasteiger partial charge in [-0.05, 0) is 49.5 Å². The van der Waals surface area contributed by atoms with Crippen LogP contribution < -0.4 is 14.8 Å². The number of nitrogens with one attached hydrogen (secondary N) is 1. The number of ether oxygens (including phenoxy) is 2. The minimum absolute atomic E-state index is 0.155. The van der Waals surface area contributed by atoms with Crippen molar-refractivity contribution in [2.45, 2.75) is 13.8 Å². The highest BCUT2D eigenvalue weighted by molar-refractivity contribution is 5.65. The van der Waals surface area contributed by atoms with E-state index >= 15 is 0 Å². The van der Waals surface area contributed by atoms with Gasteiger partial charge in [-0.15, -0.1) is 5.10 Å². The molecule has 2 heterocycles. The Labute approximate surface area is 196 Å². The largest absolute Gasteiger partial charge is 0.497 e. The number of likely N-dealkylation sites (N-methyl/N-ethyl adjacent to an activating group) is 1. The summed E-state index contributed by atoms with van der Waals surface area (Å²) in [4.78, 5) is 6.61. The number of aromatic nitrogens is 3. The van der Waals surface area contributed by atoms with E-state index in [9.17, 15) is 8.78 Å². The van der Waals surface area contributed by atoms with Crippen molar-refractivity contribution in [2.24, 2.45) is 0 Å². The quantitative estimate of drug-likeness (QED) is 0.348. The summed E-state index contributed by atoms with van der Waals surface area (Å²) >= 11 is 0. The number of nitrogens with zero attached hydrogens (tertiary/aromatic N) is 4. The lowest BCUT2D eigenvalue weighted by Gasteiger charge is -2.18. The van der Waals surface area contributed by atoms with E-state index in [4.69, 9.17) is 9.47 Å². The van der Waals surface area contributed by atoms with Crippen molar-refractivity contribution in [3.8, 4) is 22.8 Å². The van der Waals surface area contributed by atoms with Crippen molar-refractivity contribution in [1.82, 2.24) is 19.5 Å². The Bertz CT molecular complexity index is 1260. The van der Waals surface area contributed by atoms with Crippen molar-refractivity contribution in [1.29, 1.82) is 0 Å². The molecule has 0 amide bonds. The maximum Gasteiger partial charge on any atom is 0.247 e. The van der Waals surface area contributed by atoms with E-state index < -0.39 is 11.6 Å². The lowest BCUT2D eigenvalue weighted by Crippen LogP contribution is -2.28. The summed E-state index contributed by atoms with van der Waals surface area (Å²) in [7, 11) is 1.62. The first-order chi connectivity index (χ1) is 16.5. The predicted molar refractivity (Wildman–Crippen MR) is 128 cm³/mol. The Kier molecular flexibility index (Phi) is 7.22. The molecule has 34 heavy (non-hydrogen) atoms. The van der Waals surface area contributed by atoms with Crippen molar-refractivity contribution in [3.63, 3.8) is 0 Å². The van der Waals surface area contributed by atoms with Gasteiger partial charge in [0.2, 0.25) is 11.8 Å². The maximum absolute atomic E-state index is 14.3. The van der Waals surface area contributed by atoms with E-state index in [2.05, 4.69) is 20.3 Å². The molecule has 0 unspecified atom stereocenters. The minimum atomic E-state index is -1.02. The van der Waals surface area contributed by atoms with Gasteiger partial charge in [0.15, 0.2) is 17.2 Å². The second-order valence-electron chi connectivity index (χ2n) is 7.62. The first-order valence-electron chi connectivity index (χ1n) is 11.1. The average molecular weight is 468 g/mol. The molecule has 0 atom stereocenters. The topological polar surface area (TPSA) is 63.9 Å². The fourth-order valence-electron chi connectivity index (χ4n) is 3.63. The highest BCUT2D eigenvalue weighted by Gasteiger charge is 2.15. The van der Waals surface area contributed by atoms with Crippen molar-refractivity contribution >= 4 is 17.3 Å². The molecule has 1 N–H and O–H groups in total. The molecular weight excluding hydrogens is 440 g/mol. The second kappa shape index (κ2) is 10.5. The number of rotatable bonds is 10. The van der Waals surface area contributed by atoms with Crippen LogP contribution in [0.3, 0.4) is 0 Å². The lowest BCUT2D eigenvalue weighted by molar-refractivity contribution is 0.216. The molecule has 9 heteroatoms. The molecule has 178 valence electrons. The van der Waals surface area contributed by atoms with Crippen LogP contribution in [-0.2, 0) is 0 Å². The van der Waals surface area contributed by atoms with Crippen molar-refractivity contribution in [2.75, 3.05) is 38.7 Å². The fraction of sp³-hybridized carbons (Fsp3) is 0.280. The summed E-state index contributed by atoms with van der Waals surface area (Å²) in [6.45, 7) is 6.66. The number of fused-ring (bicyclic) bond motifs is 1. The first kappa shape index (κ1) is 23.4. The molecule has 4 rings (SSSR count). The molecule has 0 bridgehead atoms. The average Bonchev–Trinajstić information content (AvgIpc) is 3.27. The van der Waals surface area contributed by atoms with Gasteiger partial charge in [0.05, 0.1) is 12.8 Å². The van der Waals surface area contributed by atoms with Gasteiger partial charge in [-0.25, -0.2) is 8.91 Å². The third kappa shape index (κ3) is 5.09. The zero-order valence-corrected chi connectivity index (χ0v) is 19.4. The number of benzene rings is 2. The third-order valence-electron chi connectivity index (χ3n) is 5.56. The fourth-order valence-corrected chi connectivity index (χ4v) is 3.63. The number of hydrogen-bond acceptors (Lipinski definition) is 6. The SMILES string of the molecule is CCN(CC)CCOc1cc(Nc2nc3cccc(-c4ccc(OC)cc4)n3n2)cc(F)c1F. The van der Waals surface area contributed by atoms with Crippen LogP contribution in [0.1, 0.15) is 13.8 Å². The molecule has 0 aliphatic carbocycles. The molecule has 0 aliphatic rings. The van der Waals surface area contributed by atoms with Gasteiger partial charge >= 0.3 is 0 Å². The molecule has 7 nitrogen and oxygen atoms in total. The summed E-state index contributed by atoms with van der Waals surface area (Å²) in [6.07, 6.45) is 0. The van der Waals surface area contributed by atoms with E-state index in [-0.39, 0.29) is 18.3 Å². The monoisotopic (exact) mass is 467 g/mol. The Morgan fingerprint density at radius 1 is 1.03 bits per heavy atom. The van der Waals surface area contributed by atoms with Crippen LogP contribution in [-0.4, -0.2) is 52.8 Å². The van der Waals surface area contributed by atoms with Gasteiger partial charge in [-0.1, -0.05) is 19.9 Å². The molecule has 0 radical (unpaired) electrons. The molecule has 2 aromatic heterocycles. The zero-order valence-electron chi connectivity index (χ0n) is 19.4. The predicted octanol–water partition coefficient (Wildman–Crippen LogP) is 5.15. The molecule has 0 spiro atoms. The normalized spacial score (nSPS) is 11.2. The number of pyridine rings is 1. The summed E-state index contributed by atoms with van der Waals surface area (Å²) in [5, 5.41) is 7.48. The van der Waals surface area contributed by atoms with E-state index in [0.717, 1.165) is 36.2 Å². The van der Waals surface area contributed by atoms with Crippen LogP contribution in [0.2, 0.25) is 0 Å². The van der Waals surface area contributed by atoms with Crippen LogP contribution in [0.4, 0.5) is 20.4 Å². The van der Waals surface area contributed by atoms with Crippen LogP contribution in [0.5, 0.6) is 11.5 Å². The number of methoxy groups -OCH3 is 1. The standard InChI is InChI=1S/C25H27F2N5O2/c1-4-31(5-2)13-14-34-22-16-18(15-20(26)24(22)27)28-25-29-23-8-6-7-21(32(23)30-25)17-9-11-19(33-3)12-10-17/h6-12,15-16H,4-5,13-14H2,1-3H3,(H,28,30). The Morgan fingerprint density at radius 3 is 2.50 bits per heavy atom. The Hall–Kier alpha value is -3.72. The van der Waals surface area contributed by atoms with Gasteiger partial charge in [-0.3, -0.25) is 0 Å². The summed E-state index contributed by atoms with van der Waals surface area (Å²) in [6, 6.07) is 15.7. The number of hydrogen-bond donors (Lipinski definition) is 1. The summed E-state index contributed by atoms with van der Waals surface area (Å²) in [5.74, 6) is -1.18. The highest BCUT2D eigenvalue weighted by Crippen LogP contribution is 2.28. The number of anilines is 2. The van der Waals surface area contributed by atoms with Crippen LogP contribution in [0.15, 0.2) is 54.6 Å². The van der Waals surface area contributed by atoms with Crippen LogP contribution in [0, 0.1) is 11.6 Å². The summed E-state index contributed by atoms with van der Waals surface area (Å²) in [5.41, 5.74) is 2.65. The Morgan fingerprint density at radius 2 is 1.79 bits per heavy atom. The molecule has 0 aliphatic heterocycles. The minimum Gasteiger partial charge on any atom is -0.497 e. The summed E-state index contributed by atoms with van der Waals surface area (Å²) < 4.78 is 41.0. The molecule has 0 saturated heterocycles. The molecule has 2 aromatic carbocycles. The van der Waals surface area contributed by atoms with Crippen LogP contribution >= 0.6 is 0 Å². The van der Waals surface area contributed by atoms with Gasteiger partial charge in [0.25, 0.3) is 0 Å². The van der Waals surface area contributed by atoms with E-state index in [0.29, 0.717) is 17.9 Å².